The van der Waals surface area contributed by atoms with Crippen LogP contribution in [0.25, 0.3) is 6.08 Å². The molecule has 21 heavy (non-hydrogen) atoms. The van der Waals surface area contributed by atoms with Crippen molar-refractivity contribution in [2.24, 2.45) is 11.8 Å². The molecule has 0 radical (unpaired) electrons. The van der Waals surface area contributed by atoms with Crippen LogP contribution in [0.4, 0.5) is 0 Å². The molecule has 0 aromatic heterocycles. The first-order valence-electron chi connectivity index (χ1n) is 6.44. The Morgan fingerprint density at radius 1 is 1.24 bits per heavy atom. The number of nitrogens with one attached hydrogen (secondary N) is 1. The molecule has 6 heteroatoms. The third-order valence-electron chi connectivity index (χ3n) is 2.93. The molecule has 0 heterocycles. The van der Waals surface area contributed by atoms with Crippen LogP contribution in [0.15, 0.2) is 24.3 Å². The topological polar surface area (TPSA) is 66.4 Å². The Morgan fingerprint density at radius 3 is 2.29 bits per heavy atom. The van der Waals surface area contributed by atoms with Gasteiger partial charge in [0.25, 0.3) is 0 Å². The lowest BCUT2D eigenvalue weighted by Gasteiger charge is -2.15. The highest BCUT2D eigenvalue weighted by Crippen LogP contribution is 2.19. The summed E-state index contributed by atoms with van der Waals surface area (Å²) in [5, 5.41) is 12.6. The van der Waals surface area contributed by atoms with Gasteiger partial charge in [0.15, 0.2) is 0 Å². The molecule has 2 N–H and O–H groups in total. The van der Waals surface area contributed by atoms with E-state index in [9.17, 15) is 9.59 Å². The van der Waals surface area contributed by atoms with Crippen molar-refractivity contribution in [3.05, 3.63) is 39.9 Å². The van der Waals surface area contributed by atoms with Crippen molar-refractivity contribution < 1.29 is 14.7 Å². The molecule has 0 aliphatic heterocycles. The number of benzene rings is 1. The van der Waals surface area contributed by atoms with Crippen molar-refractivity contribution in [2.45, 2.75) is 13.8 Å². The van der Waals surface area contributed by atoms with Crippen LogP contribution in [-0.2, 0) is 9.59 Å². The number of rotatable bonds is 6. The molecule has 0 aliphatic carbocycles. The SMILES string of the molecule is CC(C)C(CNC(=O)C=Cc1cc(Cl)cc(Cl)c1)C(=O)O. The van der Waals surface area contributed by atoms with E-state index in [0.717, 1.165) is 0 Å². The van der Waals surface area contributed by atoms with Crippen LogP contribution in [0.2, 0.25) is 10.0 Å². The Kier molecular flexibility index (Phi) is 6.72. The molecule has 1 aromatic carbocycles. The van der Waals surface area contributed by atoms with Gasteiger partial charge in [-0.1, -0.05) is 37.0 Å². The lowest BCUT2D eigenvalue weighted by molar-refractivity contribution is -0.143. The molecule has 0 bridgehead atoms. The zero-order valence-corrected chi connectivity index (χ0v) is 13.3. The van der Waals surface area contributed by atoms with Crippen molar-refractivity contribution in [3.63, 3.8) is 0 Å². The molecule has 0 saturated carbocycles. The number of halogens is 2. The molecule has 1 rings (SSSR count). The summed E-state index contributed by atoms with van der Waals surface area (Å²) in [4.78, 5) is 22.7. The van der Waals surface area contributed by atoms with E-state index in [0.29, 0.717) is 15.6 Å². The average molecular weight is 330 g/mol. The summed E-state index contributed by atoms with van der Waals surface area (Å²) in [5.74, 6) is -1.95. The minimum absolute atomic E-state index is 0.0569. The predicted molar refractivity (Wildman–Crippen MR) is 84.5 cm³/mol. The summed E-state index contributed by atoms with van der Waals surface area (Å²) in [5.41, 5.74) is 0.696. The minimum atomic E-state index is -0.920. The van der Waals surface area contributed by atoms with Crippen LogP contribution in [0.5, 0.6) is 0 Å². The second-order valence-electron chi connectivity index (χ2n) is 4.97. The van der Waals surface area contributed by atoms with Crippen molar-refractivity contribution in [1.29, 1.82) is 0 Å². The highest BCUT2D eigenvalue weighted by molar-refractivity contribution is 6.34. The van der Waals surface area contributed by atoms with Crippen LogP contribution in [-0.4, -0.2) is 23.5 Å². The van der Waals surface area contributed by atoms with Gasteiger partial charge in [-0.25, -0.2) is 0 Å². The standard InChI is InChI=1S/C15H17Cl2NO3/c1-9(2)13(15(20)21)8-18-14(19)4-3-10-5-11(16)7-12(17)6-10/h3-7,9,13H,8H2,1-2H3,(H,18,19)(H,20,21). The maximum absolute atomic E-state index is 11.7. The number of hydrogen-bond donors (Lipinski definition) is 2. The van der Waals surface area contributed by atoms with Crippen LogP contribution >= 0.6 is 23.2 Å². The number of carbonyl (C=O) groups is 2. The van der Waals surface area contributed by atoms with Crippen molar-refractivity contribution in [2.75, 3.05) is 6.54 Å². The third kappa shape index (κ3) is 6.19. The van der Waals surface area contributed by atoms with E-state index in [1.165, 1.54) is 6.08 Å². The number of carboxylic acids is 1. The summed E-state index contributed by atoms with van der Waals surface area (Å²) in [6.45, 7) is 3.69. The van der Waals surface area contributed by atoms with Crippen molar-refractivity contribution in [1.82, 2.24) is 5.32 Å². The first kappa shape index (κ1) is 17.5. The van der Waals surface area contributed by atoms with E-state index in [1.54, 1.807) is 38.1 Å². The molecule has 1 atom stereocenters. The van der Waals surface area contributed by atoms with Gasteiger partial charge in [0.05, 0.1) is 5.92 Å². The fourth-order valence-electron chi connectivity index (χ4n) is 1.72. The number of carboxylic acid groups (broad SMARTS) is 1. The molecule has 0 fully saturated rings. The molecule has 114 valence electrons. The molecule has 0 spiro atoms. The first-order valence-corrected chi connectivity index (χ1v) is 7.20. The summed E-state index contributed by atoms with van der Waals surface area (Å²) in [6.07, 6.45) is 2.89. The van der Waals surface area contributed by atoms with E-state index >= 15 is 0 Å². The highest BCUT2D eigenvalue weighted by atomic mass is 35.5. The molecule has 1 unspecified atom stereocenters. The van der Waals surface area contributed by atoms with Crippen LogP contribution < -0.4 is 5.32 Å². The van der Waals surface area contributed by atoms with E-state index in [-0.39, 0.29) is 18.4 Å². The van der Waals surface area contributed by atoms with Crippen molar-refractivity contribution in [3.8, 4) is 0 Å². The lowest BCUT2D eigenvalue weighted by Crippen LogP contribution is -2.34. The van der Waals surface area contributed by atoms with Gasteiger partial charge >= 0.3 is 5.97 Å². The van der Waals surface area contributed by atoms with Gasteiger partial charge in [-0.3, -0.25) is 9.59 Å². The smallest absolute Gasteiger partial charge is 0.308 e. The van der Waals surface area contributed by atoms with E-state index in [4.69, 9.17) is 28.3 Å². The zero-order chi connectivity index (χ0) is 16.0. The van der Waals surface area contributed by atoms with Gasteiger partial charge in [0.2, 0.25) is 5.91 Å². The fourth-order valence-corrected chi connectivity index (χ4v) is 2.26. The van der Waals surface area contributed by atoms with Gasteiger partial charge in [0.1, 0.15) is 0 Å². The molecule has 0 aliphatic rings. The second-order valence-corrected chi connectivity index (χ2v) is 5.84. The third-order valence-corrected chi connectivity index (χ3v) is 3.37. The van der Waals surface area contributed by atoms with Gasteiger partial charge < -0.3 is 10.4 Å². The largest absolute Gasteiger partial charge is 0.481 e. The van der Waals surface area contributed by atoms with Crippen LogP contribution in [0.3, 0.4) is 0 Å². The predicted octanol–water partition coefficient (Wildman–Crippen LogP) is 3.48. The molecule has 1 amide bonds. The number of hydrogen-bond acceptors (Lipinski definition) is 2. The van der Waals surface area contributed by atoms with Gasteiger partial charge in [-0.15, -0.1) is 0 Å². The molecule has 1 aromatic rings. The van der Waals surface area contributed by atoms with Gasteiger partial charge in [0, 0.05) is 22.7 Å². The Bertz CT molecular complexity index is 536. The fraction of sp³-hybridized carbons (Fsp3) is 0.333. The first-order chi connectivity index (χ1) is 9.79. The average Bonchev–Trinajstić information content (AvgIpc) is 2.34. The van der Waals surface area contributed by atoms with E-state index in [2.05, 4.69) is 5.32 Å². The molecular formula is C15H17Cl2NO3. The number of carbonyl (C=O) groups excluding carboxylic acids is 1. The maximum atomic E-state index is 11.7. The maximum Gasteiger partial charge on any atom is 0.308 e. The Morgan fingerprint density at radius 2 is 1.81 bits per heavy atom. The highest BCUT2D eigenvalue weighted by Gasteiger charge is 2.21. The van der Waals surface area contributed by atoms with E-state index in [1.807, 2.05) is 0 Å². The quantitative estimate of drug-likeness (QED) is 0.785. The van der Waals surface area contributed by atoms with E-state index < -0.39 is 11.9 Å². The molecule has 0 saturated heterocycles. The monoisotopic (exact) mass is 329 g/mol. The summed E-state index contributed by atoms with van der Waals surface area (Å²) in [6, 6.07) is 4.94. The Balaban J connectivity index is 2.60. The molecular weight excluding hydrogens is 313 g/mol. The summed E-state index contributed by atoms with van der Waals surface area (Å²) < 4.78 is 0. The zero-order valence-electron chi connectivity index (χ0n) is 11.8. The lowest BCUT2D eigenvalue weighted by atomic mass is 9.96. The number of aliphatic carboxylic acids is 1. The Labute approximate surface area is 133 Å². The minimum Gasteiger partial charge on any atom is -0.481 e. The summed E-state index contributed by atoms with van der Waals surface area (Å²) in [7, 11) is 0. The number of amides is 1. The Hall–Kier alpha value is -1.52. The van der Waals surface area contributed by atoms with Crippen molar-refractivity contribution >= 4 is 41.2 Å². The van der Waals surface area contributed by atoms with Gasteiger partial charge in [-0.05, 0) is 35.8 Å². The van der Waals surface area contributed by atoms with Crippen LogP contribution in [0.1, 0.15) is 19.4 Å². The second kappa shape index (κ2) is 8.05. The normalized spacial score (nSPS) is 12.6. The van der Waals surface area contributed by atoms with Crippen LogP contribution in [0, 0.1) is 11.8 Å². The van der Waals surface area contributed by atoms with Gasteiger partial charge in [-0.2, -0.15) is 0 Å². The molecule has 4 nitrogen and oxygen atoms in total. The summed E-state index contributed by atoms with van der Waals surface area (Å²) >= 11 is 11.7.